The van der Waals surface area contributed by atoms with Crippen LogP contribution in [0.5, 0.6) is 5.75 Å². The minimum Gasteiger partial charge on any atom is -0.507 e. The number of phenols is 1. The largest absolute Gasteiger partial charge is 0.507 e. The quantitative estimate of drug-likeness (QED) is 0.369. The lowest BCUT2D eigenvalue weighted by atomic mass is 10.0. The second kappa shape index (κ2) is 6.91. The number of rotatable bonds is 3. The number of nitrogens with zero attached hydrogens (tertiary/aromatic N) is 2. The highest BCUT2D eigenvalue weighted by Gasteiger charge is 2.09. The lowest BCUT2D eigenvalue weighted by molar-refractivity contribution is 0.475. The van der Waals surface area contributed by atoms with Gasteiger partial charge in [-0.25, -0.2) is 4.98 Å². The topological polar surface area (TPSA) is 58.6 Å². The Morgan fingerprint density at radius 1 is 0.931 bits per heavy atom. The minimum absolute atomic E-state index is 0.206. The van der Waals surface area contributed by atoms with Crippen LogP contribution in [-0.2, 0) is 0 Å². The molecule has 0 amide bonds. The van der Waals surface area contributed by atoms with E-state index in [1.54, 1.807) is 12.3 Å². The van der Waals surface area contributed by atoms with Crippen LogP contribution in [0, 0.1) is 6.92 Å². The van der Waals surface area contributed by atoms with Crippen molar-refractivity contribution in [2.24, 2.45) is 4.99 Å². The molecule has 4 nitrogen and oxygen atoms in total. The Labute approximate surface area is 167 Å². The molecule has 5 rings (SSSR count). The summed E-state index contributed by atoms with van der Waals surface area (Å²) in [5.74, 6) is 0.772. The Bertz CT molecular complexity index is 1380. The summed E-state index contributed by atoms with van der Waals surface area (Å²) < 4.78 is 5.90. The maximum absolute atomic E-state index is 10.3. The molecule has 140 valence electrons. The number of oxazole rings is 1. The van der Waals surface area contributed by atoms with Gasteiger partial charge in [0.25, 0.3) is 0 Å². The van der Waals surface area contributed by atoms with Gasteiger partial charge in [-0.3, -0.25) is 4.99 Å². The van der Waals surface area contributed by atoms with Crippen molar-refractivity contribution in [3.8, 4) is 17.2 Å². The van der Waals surface area contributed by atoms with Gasteiger partial charge in [0.15, 0.2) is 5.58 Å². The Morgan fingerprint density at radius 3 is 2.76 bits per heavy atom. The summed E-state index contributed by atoms with van der Waals surface area (Å²) in [7, 11) is 0. The summed E-state index contributed by atoms with van der Waals surface area (Å²) in [5.41, 5.74) is 5.06. The summed E-state index contributed by atoms with van der Waals surface area (Å²) in [6, 6.07) is 25.2. The van der Waals surface area contributed by atoms with Crippen molar-refractivity contribution in [3.05, 3.63) is 90.0 Å². The average molecular weight is 378 g/mol. The van der Waals surface area contributed by atoms with Gasteiger partial charge in [-0.15, -0.1) is 0 Å². The van der Waals surface area contributed by atoms with Gasteiger partial charge < -0.3 is 9.52 Å². The van der Waals surface area contributed by atoms with Gasteiger partial charge in [-0.05, 0) is 59.7 Å². The number of benzene rings is 4. The zero-order valence-corrected chi connectivity index (χ0v) is 15.8. The van der Waals surface area contributed by atoms with Gasteiger partial charge in [-0.1, -0.05) is 42.5 Å². The molecule has 4 heteroatoms. The third-order valence-electron chi connectivity index (χ3n) is 4.93. The van der Waals surface area contributed by atoms with E-state index in [9.17, 15) is 5.11 Å². The second-order valence-corrected chi connectivity index (χ2v) is 7.02. The lowest BCUT2D eigenvalue weighted by Crippen LogP contribution is -1.86. The van der Waals surface area contributed by atoms with Crippen molar-refractivity contribution in [2.45, 2.75) is 6.92 Å². The highest BCUT2D eigenvalue weighted by molar-refractivity contribution is 6.03. The van der Waals surface area contributed by atoms with E-state index in [0.29, 0.717) is 11.5 Å². The van der Waals surface area contributed by atoms with E-state index in [4.69, 9.17) is 4.42 Å². The Balaban J connectivity index is 1.53. The number of aryl methyl sites for hydroxylation is 1. The highest BCUT2D eigenvalue weighted by Crippen LogP contribution is 2.29. The molecule has 0 bridgehead atoms. The van der Waals surface area contributed by atoms with Crippen molar-refractivity contribution in [1.82, 2.24) is 4.98 Å². The number of hydrogen-bond donors (Lipinski definition) is 1. The number of aromatic nitrogens is 1. The summed E-state index contributed by atoms with van der Waals surface area (Å²) >= 11 is 0. The van der Waals surface area contributed by atoms with Gasteiger partial charge in [0.05, 0.1) is 5.69 Å². The lowest BCUT2D eigenvalue weighted by Gasteiger charge is -2.04. The van der Waals surface area contributed by atoms with Crippen LogP contribution in [0.25, 0.3) is 33.3 Å². The van der Waals surface area contributed by atoms with Crippen LogP contribution in [0.1, 0.15) is 11.1 Å². The first-order chi connectivity index (χ1) is 14.2. The molecule has 5 aromatic rings. The second-order valence-electron chi connectivity index (χ2n) is 7.02. The van der Waals surface area contributed by atoms with Crippen LogP contribution < -0.4 is 0 Å². The molecule has 0 aliphatic rings. The predicted molar refractivity (Wildman–Crippen MR) is 117 cm³/mol. The predicted octanol–water partition coefficient (Wildman–Crippen LogP) is 6.41. The van der Waals surface area contributed by atoms with Gasteiger partial charge in [-0.2, -0.15) is 0 Å². The van der Waals surface area contributed by atoms with Gasteiger partial charge in [0, 0.05) is 17.3 Å². The molecule has 0 saturated heterocycles. The van der Waals surface area contributed by atoms with Crippen LogP contribution >= 0.6 is 0 Å². The molecule has 0 aliphatic carbocycles. The van der Waals surface area contributed by atoms with Crippen molar-refractivity contribution in [1.29, 1.82) is 0 Å². The molecule has 0 radical (unpaired) electrons. The van der Waals surface area contributed by atoms with Crippen molar-refractivity contribution in [3.63, 3.8) is 0 Å². The fraction of sp³-hybridized carbons (Fsp3) is 0.0400. The molecule has 1 N–H and O–H groups in total. The molecule has 4 aromatic carbocycles. The molecule has 0 atom stereocenters. The Morgan fingerprint density at radius 2 is 1.83 bits per heavy atom. The molecule has 0 saturated carbocycles. The van der Waals surface area contributed by atoms with Gasteiger partial charge in [0.2, 0.25) is 5.89 Å². The minimum atomic E-state index is 0.206. The molecular weight excluding hydrogens is 360 g/mol. The smallest absolute Gasteiger partial charge is 0.227 e. The fourth-order valence-corrected chi connectivity index (χ4v) is 3.44. The third kappa shape index (κ3) is 3.25. The monoisotopic (exact) mass is 378 g/mol. The molecule has 0 unspecified atom stereocenters. The van der Waals surface area contributed by atoms with E-state index in [1.165, 1.54) is 0 Å². The van der Waals surface area contributed by atoms with Crippen molar-refractivity contribution in [2.75, 3.05) is 0 Å². The number of aromatic hydroxyl groups is 1. The Kier molecular flexibility index (Phi) is 4.10. The third-order valence-corrected chi connectivity index (χ3v) is 4.93. The van der Waals surface area contributed by atoms with Gasteiger partial charge in [0.1, 0.15) is 11.3 Å². The van der Waals surface area contributed by atoms with E-state index in [1.807, 2.05) is 79.7 Å². The van der Waals surface area contributed by atoms with Crippen LogP contribution in [0.15, 0.2) is 88.3 Å². The maximum atomic E-state index is 10.3. The number of phenolic OH excluding ortho intramolecular Hbond substituents is 1. The molecule has 0 aliphatic heterocycles. The van der Waals surface area contributed by atoms with Gasteiger partial charge >= 0.3 is 0 Å². The zero-order valence-electron chi connectivity index (χ0n) is 15.8. The molecule has 1 heterocycles. The molecule has 0 spiro atoms. The standard InChI is InChI=1S/C25H18N2O2/c1-16-9-12-24-22(13-16)27-25(29-24)18-6-4-7-19(14-18)26-15-21-20-8-3-2-5-17(20)10-11-23(21)28/h2-15,28H,1H3. The van der Waals surface area contributed by atoms with Crippen molar-refractivity contribution < 1.29 is 9.52 Å². The van der Waals surface area contributed by atoms with Crippen LogP contribution in [0.2, 0.25) is 0 Å². The SMILES string of the molecule is Cc1ccc2oc(-c3cccc(N=Cc4c(O)ccc5ccccc45)c3)nc2c1. The summed E-state index contributed by atoms with van der Waals surface area (Å²) in [6.45, 7) is 2.03. The molecular formula is C25H18N2O2. The summed E-state index contributed by atoms with van der Waals surface area (Å²) in [4.78, 5) is 9.19. The summed E-state index contributed by atoms with van der Waals surface area (Å²) in [5, 5.41) is 12.3. The first kappa shape index (κ1) is 17.2. The molecule has 1 aromatic heterocycles. The van der Waals surface area contributed by atoms with Crippen molar-refractivity contribution >= 4 is 33.8 Å². The van der Waals surface area contributed by atoms with Crippen LogP contribution in [0.4, 0.5) is 5.69 Å². The number of aliphatic imine (C=N–C) groups is 1. The summed E-state index contributed by atoms with van der Waals surface area (Å²) in [6.07, 6.45) is 1.70. The molecule has 0 fully saturated rings. The number of fused-ring (bicyclic) bond motifs is 2. The molecule has 29 heavy (non-hydrogen) atoms. The van der Waals surface area contributed by atoms with E-state index in [-0.39, 0.29) is 5.75 Å². The first-order valence-electron chi connectivity index (χ1n) is 9.40. The zero-order chi connectivity index (χ0) is 19.8. The van der Waals surface area contributed by atoms with E-state index in [2.05, 4.69) is 9.98 Å². The van der Waals surface area contributed by atoms with E-state index >= 15 is 0 Å². The van der Waals surface area contributed by atoms with E-state index in [0.717, 1.165) is 38.7 Å². The van der Waals surface area contributed by atoms with Crippen LogP contribution in [0.3, 0.4) is 0 Å². The Hall–Kier alpha value is -3.92. The fourth-order valence-electron chi connectivity index (χ4n) is 3.44. The first-order valence-corrected chi connectivity index (χ1v) is 9.40. The van der Waals surface area contributed by atoms with Crippen LogP contribution in [-0.4, -0.2) is 16.3 Å². The number of hydrogen-bond acceptors (Lipinski definition) is 4. The normalized spacial score (nSPS) is 11.6. The highest BCUT2D eigenvalue weighted by atomic mass is 16.3. The van der Waals surface area contributed by atoms with E-state index < -0.39 is 0 Å². The maximum Gasteiger partial charge on any atom is 0.227 e. The average Bonchev–Trinajstić information content (AvgIpc) is 3.16.